The Morgan fingerprint density at radius 2 is 1.76 bits per heavy atom. The number of carbonyl (C=O) groups is 2. The Balaban J connectivity index is 1.11. The van der Waals surface area contributed by atoms with E-state index in [1.807, 2.05) is 60.4 Å². The minimum atomic E-state index is -4.62. The molecule has 0 saturated carbocycles. The Morgan fingerprint density at radius 3 is 2.49 bits per heavy atom. The molecule has 1 aliphatic rings. The van der Waals surface area contributed by atoms with Gasteiger partial charge in [0.25, 0.3) is 11.5 Å². The zero-order chi connectivity index (χ0) is 41.4. The summed E-state index contributed by atoms with van der Waals surface area (Å²) in [5.74, 6) is -0.395. The quantitative estimate of drug-likeness (QED) is 0.158. The predicted octanol–water partition coefficient (Wildman–Crippen LogP) is 6.68. The van der Waals surface area contributed by atoms with E-state index in [2.05, 4.69) is 25.4 Å². The largest absolute Gasteiger partial charge is 0.485 e. The van der Waals surface area contributed by atoms with E-state index in [1.165, 1.54) is 17.7 Å². The summed E-state index contributed by atoms with van der Waals surface area (Å²) in [4.78, 5) is 63.3. The number of anilines is 2. The molecule has 5 heterocycles. The molecule has 19 heteroatoms. The molecule has 1 aliphatic heterocycles. The smallest absolute Gasteiger partial charge is 0.416 e. The van der Waals surface area contributed by atoms with E-state index >= 15 is 0 Å². The minimum Gasteiger partial charge on any atom is -0.485 e. The Hall–Kier alpha value is -6.40. The van der Waals surface area contributed by atoms with Gasteiger partial charge in [0.05, 0.1) is 43.4 Å². The number of aryl methyl sites for hydroxylation is 1. The molecule has 8 rings (SSSR count). The average molecular weight is 843 g/mol. The highest BCUT2D eigenvalue weighted by Gasteiger charge is 2.33. The summed E-state index contributed by atoms with van der Waals surface area (Å²) in [6.07, 6.45) is -3.02. The second kappa shape index (κ2) is 16.1. The fourth-order valence-electron chi connectivity index (χ4n) is 6.97. The van der Waals surface area contributed by atoms with Crippen LogP contribution < -0.4 is 20.5 Å². The maximum atomic E-state index is 14.5. The van der Waals surface area contributed by atoms with Crippen molar-refractivity contribution in [3.05, 3.63) is 122 Å². The first-order valence-corrected chi connectivity index (χ1v) is 19.7. The number of amides is 2. The first kappa shape index (κ1) is 39.4. The molecule has 0 radical (unpaired) electrons. The number of nitrogens with zero attached hydrogens (tertiary/aromatic N) is 9. The molecule has 3 aromatic carbocycles. The van der Waals surface area contributed by atoms with Gasteiger partial charge >= 0.3 is 6.18 Å². The molecule has 0 spiro atoms. The summed E-state index contributed by atoms with van der Waals surface area (Å²) in [5.41, 5.74) is 3.88. The molecule has 0 aliphatic carbocycles. The highest BCUT2D eigenvalue weighted by molar-refractivity contribution is 7.16. The van der Waals surface area contributed by atoms with Crippen molar-refractivity contribution >= 4 is 62.1 Å². The van der Waals surface area contributed by atoms with E-state index in [0.717, 1.165) is 38.5 Å². The van der Waals surface area contributed by atoms with Crippen molar-refractivity contribution in [3.8, 4) is 17.1 Å². The van der Waals surface area contributed by atoms with Crippen LogP contribution in [0.15, 0.2) is 83.4 Å². The normalized spacial score (nSPS) is 13.3. The topological polar surface area (TPSA) is 153 Å². The van der Waals surface area contributed by atoms with Crippen molar-refractivity contribution in [1.82, 2.24) is 39.0 Å². The number of thiazole rings is 1. The molecular formula is C40H34ClF3N10O4S. The number of alkyl halides is 3. The number of aromatic nitrogens is 7. The lowest BCUT2D eigenvalue weighted by Crippen LogP contribution is -2.51. The van der Waals surface area contributed by atoms with Gasteiger partial charge in [0, 0.05) is 31.7 Å². The first-order chi connectivity index (χ1) is 28.4. The van der Waals surface area contributed by atoms with Crippen LogP contribution in [0.2, 0.25) is 5.02 Å². The van der Waals surface area contributed by atoms with Crippen LogP contribution in [-0.4, -0.2) is 77.0 Å². The number of piperazine rings is 1. The van der Waals surface area contributed by atoms with E-state index in [1.54, 1.807) is 21.9 Å². The molecule has 2 amide bonds. The van der Waals surface area contributed by atoms with Crippen molar-refractivity contribution in [2.45, 2.75) is 39.6 Å². The molecule has 14 nitrogen and oxygen atoms in total. The summed E-state index contributed by atoms with van der Waals surface area (Å²) in [6.45, 7) is 4.35. The van der Waals surface area contributed by atoms with Crippen LogP contribution in [0.5, 0.6) is 5.75 Å². The zero-order valence-corrected chi connectivity index (χ0v) is 33.1. The van der Waals surface area contributed by atoms with E-state index in [-0.39, 0.29) is 84.6 Å². The van der Waals surface area contributed by atoms with Crippen LogP contribution in [0.1, 0.15) is 39.9 Å². The Bertz CT molecular complexity index is 2790. The molecule has 0 bridgehead atoms. The number of ether oxygens (including phenoxy) is 1. The van der Waals surface area contributed by atoms with Crippen LogP contribution in [0.4, 0.5) is 24.5 Å². The lowest BCUT2D eigenvalue weighted by atomic mass is 10.2. The number of hydrogen-bond donors (Lipinski definition) is 1. The lowest BCUT2D eigenvalue weighted by Gasteiger charge is -2.36. The highest BCUT2D eigenvalue weighted by Crippen LogP contribution is 2.34. The molecule has 0 unspecified atom stereocenters. The van der Waals surface area contributed by atoms with Gasteiger partial charge in [0.2, 0.25) is 11.7 Å². The number of benzene rings is 3. The summed E-state index contributed by atoms with van der Waals surface area (Å²) >= 11 is 7.65. The number of rotatable bonds is 10. The lowest BCUT2D eigenvalue weighted by molar-refractivity contribution is -0.137. The average Bonchev–Trinajstić information content (AvgIpc) is 3.90. The molecule has 4 aromatic heterocycles. The van der Waals surface area contributed by atoms with Crippen molar-refractivity contribution in [1.29, 1.82) is 0 Å². The Kier molecular flexibility index (Phi) is 10.8. The zero-order valence-electron chi connectivity index (χ0n) is 31.5. The predicted molar refractivity (Wildman–Crippen MR) is 216 cm³/mol. The Labute approximate surface area is 342 Å². The number of carbonyl (C=O) groups excluding carboxylic acids is 2. The van der Waals surface area contributed by atoms with Crippen molar-refractivity contribution in [3.63, 3.8) is 0 Å². The van der Waals surface area contributed by atoms with E-state index in [9.17, 15) is 27.6 Å². The number of halogens is 4. The second-order valence-corrected chi connectivity index (χ2v) is 14.9. The van der Waals surface area contributed by atoms with Crippen LogP contribution in [0, 0.1) is 6.92 Å². The molecule has 7 aromatic rings. The van der Waals surface area contributed by atoms with Gasteiger partial charge in [-0.05, 0) is 55.3 Å². The molecule has 302 valence electrons. The third-order valence-electron chi connectivity index (χ3n) is 9.91. The Morgan fingerprint density at radius 1 is 0.983 bits per heavy atom. The van der Waals surface area contributed by atoms with Gasteiger partial charge in [-0.3, -0.25) is 14.4 Å². The third-order valence-corrected chi connectivity index (χ3v) is 11.0. The molecule has 1 N–H and O–H groups in total. The fourth-order valence-corrected chi connectivity index (χ4v) is 7.86. The molecule has 1 fully saturated rings. The number of fused-ring (bicyclic) bond motifs is 2. The first-order valence-electron chi connectivity index (χ1n) is 18.4. The number of nitrogens with one attached hydrogen (secondary N) is 1. The molecule has 59 heavy (non-hydrogen) atoms. The summed E-state index contributed by atoms with van der Waals surface area (Å²) in [5, 5.41) is 6.92. The van der Waals surface area contributed by atoms with E-state index in [0.29, 0.717) is 17.0 Å². The monoisotopic (exact) mass is 842 g/mol. The molecule has 0 atom stereocenters. The molecule has 1 saturated heterocycles. The van der Waals surface area contributed by atoms with Gasteiger partial charge < -0.3 is 24.4 Å². The van der Waals surface area contributed by atoms with Crippen LogP contribution in [0.25, 0.3) is 27.4 Å². The van der Waals surface area contributed by atoms with Gasteiger partial charge in [-0.2, -0.15) is 22.7 Å². The van der Waals surface area contributed by atoms with E-state index in [4.69, 9.17) is 21.3 Å². The van der Waals surface area contributed by atoms with Crippen LogP contribution >= 0.6 is 22.9 Å². The maximum absolute atomic E-state index is 14.5. The van der Waals surface area contributed by atoms with Crippen LogP contribution in [-0.2, 0) is 30.5 Å². The summed E-state index contributed by atoms with van der Waals surface area (Å²) in [7, 11) is 0. The second-order valence-electron chi connectivity index (χ2n) is 13.7. The third kappa shape index (κ3) is 7.92. The molecular weight excluding hydrogens is 809 g/mol. The van der Waals surface area contributed by atoms with Crippen LogP contribution in [0.3, 0.4) is 0 Å². The summed E-state index contributed by atoms with van der Waals surface area (Å²) in [6, 6.07) is 17.7. The maximum Gasteiger partial charge on any atom is 0.416 e. The van der Waals surface area contributed by atoms with Gasteiger partial charge in [0.15, 0.2) is 17.3 Å². The van der Waals surface area contributed by atoms with Crippen molar-refractivity contribution < 1.29 is 27.5 Å². The minimum absolute atomic E-state index is 0.0213. The van der Waals surface area contributed by atoms with Gasteiger partial charge in [-0.25, -0.2) is 15.0 Å². The summed E-state index contributed by atoms with van der Waals surface area (Å²) < 4.78 is 49.7. The fraction of sp³-hybridized carbons (Fsp3) is 0.250. The van der Waals surface area contributed by atoms with Crippen molar-refractivity contribution in [2.75, 3.05) is 36.4 Å². The van der Waals surface area contributed by atoms with Gasteiger partial charge in [-0.1, -0.05) is 48.9 Å². The van der Waals surface area contributed by atoms with Gasteiger partial charge in [-0.15, -0.1) is 16.4 Å². The van der Waals surface area contributed by atoms with Gasteiger partial charge in [0.1, 0.15) is 25.2 Å². The highest BCUT2D eigenvalue weighted by atomic mass is 35.5. The standard InChI is InChI=1S/C40H34ClF3N10O4S/c1-3-30-34(51-13-15-52(16-14-51)37(56)33-35(23(2)45-21-46-33)58-20-24-7-5-4-6-8-24)38(57)54-39(49-36(50-54)25-9-12-31-29(17-25)47-22-59-31)53(30)19-32(55)48-28-11-10-26(18-27(28)41)40(42,43)44/h4-12,17-18,21-22H,3,13-16,19-20H2,1-2H3,(H,48,55). The van der Waals surface area contributed by atoms with E-state index < -0.39 is 29.8 Å². The number of hydrogen-bond acceptors (Lipinski definition) is 11. The van der Waals surface area contributed by atoms with Crippen molar-refractivity contribution in [2.24, 2.45) is 0 Å². The SMILES string of the molecule is CCc1c(N2CCN(C(=O)c3ncnc(C)c3OCc3ccccc3)CC2)c(=O)n2nc(-c3ccc4scnc4c3)nc2n1CC(=O)Nc1ccc(C(F)(F)F)cc1Cl.